The van der Waals surface area contributed by atoms with Crippen LogP contribution in [0.3, 0.4) is 0 Å². The number of halogens is 3. The fourth-order valence-electron chi connectivity index (χ4n) is 3.36. The van der Waals surface area contributed by atoms with E-state index >= 15 is 0 Å². The van der Waals surface area contributed by atoms with Gasteiger partial charge in [0.2, 0.25) is 0 Å². The molecule has 0 amide bonds. The van der Waals surface area contributed by atoms with Crippen LogP contribution < -0.4 is 4.90 Å². The van der Waals surface area contributed by atoms with Gasteiger partial charge in [-0.15, -0.1) is 10.2 Å². The Morgan fingerprint density at radius 1 is 1.05 bits per heavy atom. The molecule has 0 atom stereocenters. The largest absolute Gasteiger partial charge is 0.372 e. The van der Waals surface area contributed by atoms with E-state index < -0.39 is 25.1 Å². The van der Waals surface area contributed by atoms with Crippen LogP contribution in [0.15, 0.2) is 51.7 Å². The first-order valence-electron chi connectivity index (χ1n) is 10.6. The number of azo groups is 1. The summed E-state index contributed by atoms with van der Waals surface area (Å²) in [4.78, 5) is 1.33. The molecule has 3 rings (SSSR count). The molecule has 202 valence electrons. The van der Waals surface area contributed by atoms with Gasteiger partial charge in [-0.1, -0.05) is 34.8 Å². The van der Waals surface area contributed by atoms with Gasteiger partial charge in [-0.05, 0) is 43.7 Å². The lowest BCUT2D eigenvalue weighted by Crippen LogP contribution is -2.25. The van der Waals surface area contributed by atoms with E-state index in [4.69, 9.17) is 39.4 Å². The van der Waals surface area contributed by atoms with Crippen LogP contribution in [0.25, 0.3) is 5.69 Å². The fraction of sp³-hybridized carbons (Fsp3) is 0.238. The predicted octanol–water partition coefficient (Wildman–Crippen LogP) is 5.47. The zero-order valence-corrected chi connectivity index (χ0v) is 23.4. The van der Waals surface area contributed by atoms with Crippen LogP contribution in [-0.4, -0.2) is 54.6 Å². The Hall–Kier alpha value is -2.77. The zero-order valence-electron chi connectivity index (χ0n) is 19.5. The average molecular weight is 622 g/mol. The third kappa shape index (κ3) is 7.20. The number of nitrogens with zero attached hydrogens (tertiary/aromatic N) is 6. The molecule has 0 aliphatic carbocycles. The third-order valence-electron chi connectivity index (χ3n) is 5.13. The molecule has 1 aromatic heterocycles. The van der Waals surface area contributed by atoms with Crippen LogP contribution in [0.4, 0.5) is 17.2 Å². The molecule has 2 aromatic carbocycles. The highest BCUT2D eigenvalue weighted by atomic mass is 35.5. The molecule has 0 saturated heterocycles. The van der Waals surface area contributed by atoms with Gasteiger partial charge in [-0.3, -0.25) is 9.11 Å². The number of benzene rings is 2. The van der Waals surface area contributed by atoms with Crippen molar-refractivity contribution in [3.05, 3.63) is 57.2 Å². The molecule has 17 heteroatoms. The van der Waals surface area contributed by atoms with E-state index in [0.29, 0.717) is 18.8 Å². The first-order chi connectivity index (χ1) is 17.7. The van der Waals surface area contributed by atoms with Gasteiger partial charge >= 0.3 is 0 Å². The summed E-state index contributed by atoms with van der Waals surface area (Å²) in [6, 6.07) is 8.73. The van der Waals surface area contributed by atoms with Crippen molar-refractivity contribution in [2.24, 2.45) is 10.2 Å². The first kappa shape index (κ1) is 29.8. The Morgan fingerprint density at radius 3 is 2.24 bits per heavy atom. The highest BCUT2D eigenvalue weighted by molar-refractivity contribution is 7.86. The lowest BCUT2D eigenvalue weighted by atomic mass is 10.2. The van der Waals surface area contributed by atoms with Crippen molar-refractivity contribution >= 4 is 72.2 Å². The first-order valence-corrected chi connectivity index (χ1v) is 14.8. The molecule has 38 heavy (non-hydrogen) atoms. The Bertz CT molecular complexity index is 1630. The number of hydrogen-bond acceptors (Lipinski definition) is 9. The van der Waals surface area contributed by atoms with E-state index in [9.17, 15) is 26.7 Å². The Balaban J connectivity index is 1.94. The number of aromatic nitrogens is 2. The number of hydrogen-bond donors (Lipinski definition) is 2. The van der Waals surface area contributed by atoms with Crippen molar-refractivity contribution in [1.82, 2.24) is 9.78 Å². The average Bonchev–Trinajstić information content (AvgIpc) is 3.21. The lowest BCUT2D eigenvalue weighted by molar-refractivity contribution is 0.479. The topological polar surface area (TPSA) is 178 Å². The van der Waals surface area contributed by atoms with Gasteiger partial charge in [0.15, 0.2) is 5.82 Å². The Labute approximate surface area is 233 Å². The van der Waals surface area contributed by atoms with Gasteiger partial charge in [-0.2, -0.15) is 27.2 Å². The second-order valence-electron chi connectivity index (χ2n) is 7.67. The van der Waals surface area contributed by atoms with Crippen LogP contribution in [0.2, 0.25) is 15.1 Å². The van der Waals surface area contributed by atoms with Crippen molar-refractivity contribution in [2.75, 3.05) is 23.7 Å². The third-order valence-corrected chi connectivity index (χ3v) is 7.64. The minimum absolute atomic E-state index is 0.00103. The molecular weight excluding hydrogens is 603 g/mol. The summed E-state index contributed by atoms with van der Waals surface area (Å²) in [7, 11) is -8.64. The van der Waals surface area contributed by atoms with Crippen LogP contribution in [0, 0.1) is 11.3 Å². The van der Waals surface area contributed by atoms with Crippen molar-refractivity contribution in [2.45, 2.75) is 18.2 Å². The number of anilines is 1. The molecule has 3 aromatic rings. The SMILES string of the molecule is CCN(CCCS(=O)(=O)O)c1ccc(N=Nc2c(C#N)cnn2-c2c(Cl)cc(S(=O)(=O)O)cc2Cl)c(Cl)c1. The molecule has 0 radical (unpaired) electrons. The summed E-state index contributed by atoms with van der Waals surface area (Å²) < 4.78 is 64.2. The van der Waals surface area contributed by atoms with Gasteiger partial charge in [0.1, 0.15) is 23.0 Å². The molecule has 0 saturated carbocycles. The van der Waals surface area contributed by atoms with E-state index in [2.05, 4.69) is 15.3 Å². The van der Waals surface area contributed by atoms with Crippen LogP contribution >= 0.6 is 34.8 Å². The van der Waals surface area contributed by atoms with Crippen LogP contribution in [-0.2, 0) is 20.2 Å². The highest BCUT2D eigenvalue weighted by Crippen LogP contribution is 2.36. The van der Waals surface area contributed by atoms with Gasteiger partial charge in [0.05, 0.1) is 31.9 Å². The molecule has 0 fully saturated rings. The summed E-state index contributed by atoms with van der Waals surface area (Å²) >= 11 is 18.8. The summed E-state index contributed by atoms with van der Waals surface area (Å²) in [6.45, 7) is 2.78. The van der Waals surface area contributed by atoms with E-state index in [0.717, 1.165) is 16.8 Å². The second kappa shape index (κ2) is 12.0. The van der Waals surface area contributed by atoms with Crippen LogP contribution in [0.1, 0.15) is 18.9 Å². The lowest BCUT2D eigenvalue weighted by Gasteiger charge is -2.23. The normalized spacial score (nSPS) is 12.1. The Kier molecular flexibility index (Phi) is 9.37. The van der Waals surface area contributed by atoms with E-state index in [-0.39, 0.29) is 50.0 Å². The smallest absolute Gasteiger partial charge is 0.294 e. The summed E-state index contributed by atoms with van der Waals surface area (Å²) in [5.41, 5.74) is 0.927. The fourth-order valence-corrected chi connectivity index (χ4v) is 5.37. The number of rotatable bonds is 10. The van der Waals surface area contributed by atoms with E-state index in [1.165, 1.54) is 6.20 Å². The molecule has 1 heterocycles. The van der Waals surface area contributed by atoms with Gasteiger partial charge in [-0.25, -0.2) is 4.68 Å². The zero-order chi connectivity index (χ0) is 28.3. The summed E-state index contributed by atoms with van der Waals surface area (Å²) in [5.74, 6) is -0.443. The summed E-state index contributed by atoms with van der Waals surface area (Å²) in [5, 5.41) is 21.6. The standard InChI is InChI=1S/C21H19Cl3N6O6S2/c1-2-29(6-3-7-37(31,32)33)14-4-5-19(16(22)8-14)27-28-21-13(11-25)12-26-30(21)20-17(23)9-15(10-18(20)24)38(34,35)36/h4-5,8-10,12H,2-3,6-7H2,1H3,(H,31,32,33)(H,34,35,36). The van der Waals surface area contributed by atoms with Crippen molar-refractivity contribution in [1.29, 1.82) is 5.26 Å². The molecule has 0 spiro atoms. The van der Waals surface area contributed by atoms with Crippen LogP contribution in [0.5, 0.6) is 0 Å². The van der Waals surface area contributed by atoms with Gasteiger partial charge < -0.3 is 4.90 Å². The molecule has 0 aliphatic heterocycles. The van der Waals surface area contributed by atoms with Gasteiger partial charge in [0, 0.05) is 18.8 Å². The molecule has 12 nitrogen and oxygen atoms in total. The maximum Gasteiger partial charge on any atom is 0.294 e. The maximum absolute atomic E-state index is 11.5. The van der Waals surface area contributed by atoms with Crippen molar-refractivity contribution in [3.63, 3.8) is 0 Å². The molecule has 0 unspecified atom stereocenters. The minimum atomic E-state index is -4.58. The highest BCUT2D eigenvalue weighted by Gasteiger charge is 2.21. The minimum Gasteiger partial charge on any atom is -0.372 e. The predicted molar refractivity (Wildman–Crippen MR) is 143 cm³/mol. The van der Waals surface area contributed by atoms with Gasteiger partial charge in [0.25, 0.3) is 20.2 Å². The molecule has 2 N–H and O–H groups in total. The molecule has 0 aliphatic rings. The molecular formula is C21H19Cl3N6O6S2. The second-order valence-corrected chi connectivity index (χ2v) is 11.9. The van der Waals surface area contributed by atoms with Crippen molar-refractivity contribution < 1.29 is 25.9 Å². The van der Waals surface area contributed by atoms with E-state index in [1.807, 2.05) is 17.9 Å². The summed E-state index contributed by atoms with van der Waals surface area (Å²) in [6.07, 6.45) is 1.40. The monoisotopic (exact) mass is 620 g/mol. The number of nitriles is 1. The maximum atomic E-state index is 11.5. The van der Waals surface area contributed by atoms with Crippen molar-refractivity contribution in [3.8, 4) is 11.8 Å². The van der Waals surface area contributed by atoms with E-state index in [1.54, 1.807) is 18.2 Å². The molecule has 0 bridgehead atoms. The quantitative estimate of drug-likeness (QED) is 0.219. The Morgan fingerprint density at radius 2 is 1.71 bits per heavy atom.